The monoisotopic (exact) mass is 352 g/mol. The van der Waals surface area contributed by atoms with Crippen molar-refractivity contribution >= 4 is 17.6 Å². The molecule has 1 rings (SSSR count). The Kier molecular flexibility index (Phi) is 7.60. The summed E-state index contributed by atoms with van der Waals surface area (Å²) in [6, 6.07) is 1.87. The summed E-state index contributed by atoms with van der Waals surface area (Å²) in [5.41, 5.74) is 0.802. The first-order valence-corrected chi connectivity index (χ1v) is 8.65. The van der Waals surface area contributed by atoms with Gasteiger partial charge >= 0.3 is 0 Å². The van der Waals surface area contributed by atoms with Gasteiger partial charge in [0.25, 0.3) is 0 Å². The Morgan fingerprint density at radius 3 is 2.48 bits per heavy atom. The zero-order chi connectivity index (χ0) is 19.2. The van der Waals surface area contributed by atoms with Crippen molar-refractivity contribution in [2.24, 2.45) is 13.0 Å². The summed E-state index contributed by atoms with van der Waals surface area (Å²) in [5.74, 6) is 0.587. The summed E-state index contributed by atoms with van der Waals surface area (Å²) in [5, 5.41) is 7.28. The number of aromatic nitrogens is 2. The smallest absolute Gasteiger partial charge is 0.245 e. The van der Waals surface area contributed by atoms with Crippen molar-refractivity contribution in [2.45, 2.75) is 46.5 Å². The second-order valence-corrected chi connectivity index (χ2v) is 7.74. The number of amides is 2. The number of methoxy groups -OCH3 is 1. The van der Waals surface area contributed by atoms with E-state index in [4.69, 9.17) is 4.74 Å². The van der Waals surface area contributed by atoms with Crippen LogP contribution in [0.5, 0.6) is 0 Å². The lowest BCUT2D eigenvalue weighted by Gasteiger charge is -2.22. The second-order valence-electron chi connectivity index (χ2n) is 7.74. The number of rotatable bonds is 8. The van der Waals surface area contributed by atoms with E-state index in [2.05, 4.69) is 31.2 Å². The standard InChI is InChI=1S/C18H32N4O3/c1-13(2)10-17(24)22(8-9-25-7)12-16(23)19-15-11-14(18(3,4)5)20-21(15)6/h11,13H,8-10,12H2,1-7H3,(H,19,23). The summed E-state index contributed by atoms with van der Waals surface area (Å²) in [4.78, 5) is 26.3. The molecule has 1 aromatic heterocycles. The van der Waals surface area contributed by atoms with Crippen LogP contribution in [-0.2, 0) is 26.8 Å². The molecule has 1 N–H and O–H groups in total. The first kappa shape index (κ1) is 21.2. The molecule has 142 valence electrons. The van der Waals surface area contributed by atoms with Crippen molar-refractivity contribution in [3.8, 4) is 0 Å². The summed E-state index contributed by atoms with van der Waals surface area (Å²) in [6.45, 7) is 11.0. The van der Waals surface area contributed by atoms with Crippen molar-refractivity contribution in [1.29, 1.82) is 0 Å². The molecule has 1 aromatic rings. The Bertz CT molecular complexity index is 588. The van der Waals surface area contributed by atoms with Crippen molar-refractivity contribution in [3.63, 3.8) is 0 Å². The van der Waals surface area contributed by atoms with E-state index < -0.39 is 0 Å². The number of nitrogens with one attached hydrogen (secondary N) is 1. The van der Waals surface area contributed by atoms with Crippen LogP contribution in [0.4, 0.5) is 5.82 Å². The minimum absolute atomic E-state index is 0.00491. The molecule has 0 bridgehead atoms. The topological polar surface area (TPSA) is 76.5 Å². The minimum Gasteiger partial charge on any atom is -0.383 e. The third-order valence-electron chi connectivity index (χ3n) is 3.75. The molecule has 0 spiro atoms. The molecule has 0 aromatic carbocycles. The van der Waals surface area contributed by atoms with Crippen LogP contribution in [0, 0.1) is 5.92 Å². The predicted molar refractivity (Wildman–Crippen MR) is 98.4 cm³/mol. The Labute approximate surface area is 150 Å². The SMILES string of the molecule is COCCN(CC(=O)Nc1cc(C(C)(C)C)nn1C)C(=O)CC(C)C. The molecular weight excluding hydrogens is 320 g/mol. The van der Waals surface area contributed by atoms with Gasteiger partial charge in [-0.15, -0.1) is 0 Å². The highest BCUT2D eigenvalue weighted by atomic mass is 16.5. The van der Waals surface area contributed by atoms with E-state index in [0.717, 1.165) is 5.69 Å². The summed E-state index contributed by atoms with van der Waals surface area (Å²) < 4.78 is 6.69. The fourth-order valence-corrected chi connectivity index (χ4v) is 2.28. The zero-order valence-corrected chi connectivity index (χ0v) is 16.5. The fraction of sp³-hybridized carbons (Fsp3) is 0.722. The van der Waals surface area contributed by atoms with Crippen molar-refractivity contribution in [1.82, 2.24) is 14.7 Å². The van der Waals surface area contributed by atoms with Crippen molar-refractivity contribution in [2.75, 3.05) is 32.1 Å². The first-order chi connectivity index (χ1) is 11.5. The molecule has 0 saturated carbocycles. The molecule has 1 heterocycles. The number of hydrogen-bond donors (Lipinski definition) is 1. The number of carbonyl (C=O) groups is 2. The number of anilines is 1. The van der Waals surface area contributed by atoms with Crippen LogP contribution in [0.2, 0.25) is 0 Å². The van der Waals surface area contributed by atoms with E-state index in [1.165, 1.54) is 0 Å². The Balaban J connectivity index is 2.77. The number of ether oxygens (including phenoxy) is 1. The summed E-state index contributed by atoms with van der Waals surface area (Å²) in [7, 11) is 3.37. The molecule has 0 fully saturated rings. The maximum Gasteiger partial charge on any atom is 0.245 e. The van der Waals surface area contributed by atoms with Gasteiger partial charge in [0, 0.05) is 38.6 Å². The average molecular weight is 352 g/mol. The van der Waals surface area contributed by atoms with Gasteiger partial charge in [0.1, 0.15) is 5.82 Å². The van der Waals surface area contributed by atoms with Gasteiger partial charge in [-0.05, 0) is 5.92 Å². The average Bonchev–Trinajstić information content (AvgIpc) is 2.83. The Hall–Kier alpha value is -1.89. The van der Waals surface area contributed by atoms with Crippen LogP contribution in [0.1, 0.15) is 46.7 Å². The molecule has 0 aliphatic rings. The van der Waals surface area contributed by atoms with Gasteiger partial charge in [-0.2, -0.15) is 5.10 Å². The summed E-state index contributed by atoms with van der Waals surface area (Å²) in [6.07, 6.45) is 0.414. The van der Waals surface area contributed by atoms with E-state index in [1.54, 1.807) is 23.7 Å². The highest BCUT2D eigenvalue weighted by Gasteiger charge is 2.21. The van der Waals surface area contributed by atoms with E-state index in [-0.39, 0.29) is 29.7 Å². The number of nitrogens with zero attached hydrogens (tertiary/aromatic N) is 3. The third-order valence-corrected chi connectivity index (χ3v) is 3.75. The highest BCUT2D eigenvalue weighted by molar-refractivity contribution is 5.94. The Morgan fingerprint density at radius 1 is 1.36 bits per heavy atom. The van der Waals surface area contributed by atoms with Gasteiger partial charge in [0.05, 0.1) is 18.8 Å². The number of carbonyl (C=O) groups excluding carboxylic acids is 2. The molecule has 0 aliphatic carbocycles. The zero-order valence-electron chi connectivity index (χ0n) is 16.5. The van der Waals surface area contributed by atoms with Crippen LogP contribution in [0.3, 0.4) is 0 Å². The number of hydrogen-bond acceptors (Lipinski definition) is 4. The molecule has 25 heavy (non-hydrogen) atoms. The lowest BCUT2D eigenvalue weighted by molar-refractivity contribution is -0.136. The maximum absolute atomic E-state index is 12.4. The van der Waals surface area contributed by atoms with Gasteiger partial charge in [-0.3, -0.25) is 14.3 Å². The lowest BCUT2D eigenvalue weighted by Crippen LogP contribution is -2.40. The van der Waals surface area contributed by atoms with Gasteiger partial charge in [-0.1, -0.05) is 34.6 Å². The maximum atomic E-state index is 12.4. The highest BCUT2D eigenvalue weighted by Crippen LogP contribution is 2.23. The van der Waals surface area contributed by atoms with Gasteiger partial charge in [0.15, 0.2) is 0 Å². The molecule has 0 saturated heterocycles. The van der Waals surface area contributed by atoms with E-state index in [0.29, 0.717) is 25.4 Å². The van der Waals surface area contributed by atoms with Crippen LogP contribution >= 0.6 is 0 Å². The largest absolute Gasteiger partial charge is 0.383 e. The van der Waals surface area contributed by atoms with Crippen LogP contribution < -0.4 is 5.32 Å². The third kappa shape index (κ3) is 6.86. The normalized spacial score (nSPS) is 11.7. The molecule has 2 amide bonds. The first-order valence-electron chi connectivity index (χ1n) is 8.65. The minimum atomic E-state index is -0.239. The molecule has 0 atom stereocenters. The van der Waals surface area contributed by atoms with E-state index in [9.17, 15) is 9.59 Å². The van der Waals surface area contributed by atoms with Gasteiger partial charge in [0.2, 0.25) is 11.8 Å². The lowest BCUT2D eigenvalue weighted by atomic mass is 9.92. The molecule has 7 nitrogen and oxygen atoms in total. The van der Waals surface area contributed by atoms with Crippen molar-refractivity contribution in [3.05, 3.63) is 11.8 Å². The van der Waals surface area contributed by atoms with Crippen molar-refractivity contribution < 1.29 is 14.3 Å². The van der Waals surface area contributed by atoms with Gasteiger partial charge < -0.3 is 15.0 Å². The van der Waals surface area contributed by atoms with E-state index in [1.807, 2.05) is 19.9 Å². The van der Waals surface area contributed by atoms with Crippen LogP contribution in [0.25, 0.3) is 0 Å². The van der Waals surface area contributed by atoms with Crippen LogP contribution in [0.15, 0.2) is 6.07 Å². The predicted octanol–water partition coefficient (Wildman–Crippen LogP) is 2.18. The van der Waals surface area contributed by atoms with Gasteiger partial charge in [-0.25, -0.2) is 0 Å². The summed E-state index contributed by atoms with van der Waals surface area (Å²) >= 11 is 0. The van der Waals surface area contributed by atoms with Crippen LogP contribution in [-0.4, -0.2) is 53.3 Å². The Morgan fingerprint density at radius 2 is 2.00 bits per heavy atom. The molecular formula is C18H32N4O3. The molecule has 0 radical (unpaired) electrons. The molecule has 7 heteroatoms. The van der Waals surface area contributed by atoms with E-state index >= 15 is 0 Å². The molecule has 0 aliphatic heterocycles. The fourth-order valence-electron chi connectivity index (χ4n) is 2.28. The quantitative estimate of drug-likeness (QED) is 0.778. The number of aryl methyl sites for hydroxylation is 1. The second kappa shape index (κ2) is 8.99. The molecule has 0 unspecified atom stereocenters.